The van der Waals surface area contributed by atoms with Gasteiger partial charge in [-0.3, -0.25) is 4.57 Å². The highest BCUT2D eigenvalue weighted by molar-refractivity contribution is 8.01. The third-order valence-electron chi connectivity index (χ3n) is 3.14. The van der Waals surface area contributed by atoms with Crippen LogP contribution in [0.15, 0.2) is 0 Å². The lowest BCUT2D eigenvalue weighted by molar-refractivity contribution is 0.327. The standard InChI is InChI=1S/C10H22NO3PS/c1-6(2)9-11-8(10(4,5)16-9)7(3)15(12,13)14/h6-9,11H,1-5H3,(H2,12,13,14). The quantitative estimate of drug-likeness (QED) is 0.682. The van der Waals surface area contributed by atoms with Crippen molar-refractivity contribution in [1.82, 2.24) is 5.32 Å². The highest BCUT2D eigenvalue weighted by Crippen LogP contribution is 2.51. The lowest BCUT2D eigenvalue weighted by Gasteiger charge is -2.30. The number of thioether (sulfide) groups is 1. The van der Waals surface area contributed by atoms with Gasteiger partial charge in [0.2, 0.25) is 0 Å². The average molecular weight is 267 g/mol. The first kappa shape index (κ1) is 14.5. The van der Waals surface area contributed by atoms with Crippen LogP contribution in [0.3, 0.4) is 0 Å². The average Bonchev–Trinajstić information content (AvgIpc) is 2.38. The van der Waals surface area contributed by atoms with Crippen LogP contribution in [0.25, 0.3) is 0 Å². The van der Waals surface area contributed by atoms with Crippen LogP contribution in [0.5, 0.6) is 0 Å². The second kappa shape index (κ2) is 4.62. The SMILES string of the molecule is CC(C)C1NC(C(C)P(=O)(O)O)C(C)(C)S1. The molecule has 1 saturated heterocycles. The van der Waals surface area contributed by atoms with Gasteiger partial charge >= 0.3 is 7.60 Å². The normalized spacial score (nSPS) is 32.0. The molecule has 1 aliphatic rings. The molecule has 0 amide bonds. The van der Waals surface area contributed by atoms with Gasteiger partial charge in [0.25, 0.3) is 0 Å². The molecule has 0 radical (unpaired) electrons. The van der Waals surface area contributed by atoms with Crippen LogP contribution < -0.4 is 5.32 Å². The van der Waals surface area contributed by atoms with Crippen LogP contribution in [0.1, 0.15) is 34.6 Å². The van der Waals surface area contributed by atoms with Crippen molar-refractivity contribution in [2.75, 3.05) is 0 Å². The second-order valence-corrected chi connectivity index (χ2v) is 9.15. The number of rotatable bonds is 3. The van der Waals surface area contributed by atoms with Crippen LogP contribution >= 0.6 is 19.4 Å². The summed E-state index contributed by atoms with van der Waals surface area (Å²) < 4.78 is 11.2. The van der Waals surface area contributed by atoms with Gasteiger partial charge in [-0.05, 0) is 26.7 Å². The minimum Gasteiger partial charge on any atom is -0.324 e. The zero-order valence-electron chi connectivity index (χ0n) is 10.5. The first-order valence-corrected chi connectivity index (χ1v) is 8.11. The maximum atomic E-state index is 11.3. The molecule has 0 bridgehead atoms. The van der Waals surface area contributed by atoms with E-state index in [-0.39, 0.29) is 16.2 Å². The predicted octanol–water partition coefficient (Wildman–Crippen LogP) is 2.02. The van der Waals surface area contributed by atoms with Gasteiger partial charge in [0.1, 0.15) is 0 Å². The van der Waals surface area contributed by atoms with Crippen LogP contribution in [0.2, 0.25) is 0 Å². The van der Waals surface area contributed by atoms with Gasteiger partial charge in [-0.25, -0.2) is 0 Å². The third-order valence-corrected chi connectivity index (χ3v) is 6.30. The number of hydrogen-bond acceptors (Lipinski definition) is 3. The topological polar surface area (TPSA) is 69.6 Å². The smallest absolute Gasteiger partial charge is 0.324 e. The van der Waals surface area contributed by atoms with Gasteiger partial charge in [-0.2, -0.15) is 0 Å². The summed E-state index contributed by atoms with van der Waals surface area (Å²) in [4.78, 5) is 18.5. The Labute approximate surface area is 102 Å². The monoisotopic (exact) mass is 267 g/mol. The molecule has 0 saturated carbocycles. The van der Waals surface area contributed by atoms with E-state index in [1.807, 2.05) is 13.8 Å². The highest BCUT2D eigenvalue weighted by Gasteiger charge is 2.48. The maximum Gasteiger partial charge on any atom is 0.329 e. The molecule has 0 aromatic heterocycles. The van der Waals surface area contributed by atoms with E-state index >= 15 is 0 Å². The Morgan fingerprint density at radius 1 is 1.31 bits per heavy atom. The fourth-order valence-corrected chi connectivity index (χ4v) is 4.56. The Bertz CT molecular complexity index is 302. The van der Waals surface area contributed by atoms with Crippen molar-refractivity contribution in [2.45, 2.75) is 56.4 Å². The largest absolute Gasteiger partial charge is 0.329 e. The van der Waals surface area contributed by atoms with E-state index in [9.17, 15) is 14.4 Å². The minimum atomic E-state index is -4.02. The van der Waals surface area contributed by atoms with Crippen LogP contribution in [0, 0.1) is 5.92 Å². The molecule has 3 atom stereocenters. The lowest BCUT2D eigenvalue weighted by atomic mass is 10.00. The lowest BCUT2D eigenvalue weighted by Crippen LogP contribution is -2.46. The van der Waals surface area contributed by atoms with Crippen LogP contribution in [0.4, 0.5) is 0 Å². The Balaban J connectivity index is 2.86. The van der Waals surface area contributed by atoms with Crippen molar-refractivity contribution < 1.29 is 14.4 Å². The van der Waals surface area contributed by atoms with Gasteiger partial charge in [0.05, 0.1) is 11.0 Å². The summed E-state index contributed by atoms with van der Waals surface area (Å²) in [5.74, 6) is 0.457. The molecule has 0 spiro atoms. The maximum absolute atomic E-state index is 11.3. The molecule has 0 aromatic rings. The van der Waals surface area contributed by atoms with Gasteiger partial charge in [-0.1, -0.05) is 13.8 Å². The third kappa shape index (κ3) is 3.02. The van der Waals surface area contributed by atoms with E-state index in [4.69, 9.17) is 0 Å². The van der Waals surface area contributed by atoms with Crippen molar-refractivity contribution in [3.63, 3.8) is 0 Å². The van der Waals surface area contributed by atoms with Crippen molar-refractivity contribution >= 4 is 19.4 Å². The van der Waals surface area contributed by atoms with E-state index in [0.29, 0.717) is 5.92 Å². The summed E-state index contributed by atoms with van der Waals surface area (Å²) in [6.45, 7) is 9.95. The number of hydrogen-bond donors (Lipinski definition) is 3. The molecule has 1 aliphatic heterocycles. The molecule has 6 heteroatoms. The molecule has 4 nitrogen and oxygen atoms in total. The molecule has 3 unspecified atom stereocenters. The van der Waals surface area contributed by atoms with Crippen molar-refractivity contribution in [3.05, 3.63) is 0 Å². The molecule has 0 aliphatic carbocycles. The zero-order valence-corrected chi connectivity index (χ0v) is 12.2. The summed E-state index contributed by atoms with van der Waals surface area (Å²) in [6, 6.07) is -0.147. The van der Waals surface area contributed by atoms with Crippen molar-refractivity contribution in [3.8, 4) is 0 Å². The zero-order chi connectivity index (χ0) is 12.7. The van der Waals surface area contributed by atoms with Gasteiger partial charge in [-0.15, -0.1) is 11.8 Å². The Morgan fingerprint density at radius 3 is 2.12 bits per heavy atom. The summed E-state index contributed by atoms with van der Waals surface area (Å²) in [5, 5.41) is 3.63. The van der Waals surface area contributed by atoms with Crippen LogP contribution in [-0.2, 0) is 4.57 Å². The number of nitrogens with one attached hydrogen (secondary N) is 1. The first-order valence-electron chi connectivity index (χ1n) is 5.55. The molecule has 3 N–H and O–H groups in total. The summed E-state index contributed by atoms with van der Waals surface area (Å²) >= 11 is 1.77. The molecular formula is C10H22NO3PS. The van der Waals surface area contributed by atoms with E-state index in [2.05, 4.69) is 19.2 Å². The molecule has 1 heterocycles. The summed E-state index contributed by atoms with van der Waals surface area (Å²) in [6.07, 6.45) is 0. The fourth-order valence-electron chi connectivity index (χ4n) is 2.06. The molecule has 16 heavy (non-hydrogen) atoms. The molecule has 1 rings (SSSR count). The van der Waals surface area contributed by atoms with Crippen molar-refractivity contribution in [2.24, 2.45) is 5.92 Å². The van der Waals surface area contributed by atoms with Gasteiger partial charge < -0.3 is 15.1 Å². The highest BCUT2D eigenvalue weighted by atomic mass is 32.2. The van der Waals surface area contributed by atoms with Crippen LogP contribution in [-0.4, -0.2) is 31.6 Å². The Morgan fingerprint density at radius 2 is 1.81 bits per heavy atom. The first-order chi connectivity index (χ1) is 7.05. The fraction of sp³-hybridized carbons (Fsp3) is 1.00. The minimum absolute atomic E-state index is 0.143. The second-order valence-electron chi connectivity index (χ2n) is 5.36. The molecular weight excluding hydrogens is 245 g/mol. The molecule has 1 fully saturated rings. The van der Waals surface area contributed by atoms with Crippen molar-refractivity contribution in [1.29, 1.82) is 0 Å². The summed E-state index contributed by atoms with van der Waals surface area (Å²) in [7, 11) is -4.02. The van der Waals surface area contributed by atoms with Gasteiger partial charge in [0, 0.05) is 10.8 Å². The van der Waals surface area contributed by atoms with Gasteiger partial charge in [0.15, 0.2) is 0 Å². The molecule has 96 valence electrons. The van der Waals surface area contributed by atoms with E-state index in [1.165, 1.54) is 0 Å². The Hall–Kier alpha value is 0.460. The molecule has 0 aromatic carbocycles. The predicted molar refractivity (Wildman–Crippen MR) is 68.7 cm³/mol. The van der Waals surface area contributed by atoms with E-state index < -0.39 is 13.3 Å². The Kier molecular flexibility index (Phi) is 4.19. The van der Waals surface area contributed by atoms with E-state index in [0.717, 1.165) is 0 Å². The van der Waals surface area contributed by atoms with E-state index in [1.54, 1.807) is 18.7 Å². The summed E-state index contributed by atoms with van der Waals surface area (Å²) in [5.41, 5.74) is -0.640.